The topological polar surface area (TPSA) is 53.9 Å². The molecule has 2 N–H and O–H groups in total. The lowest BCUT2D eigenvalue weighted by molar-refractivity contribution is -0.902. The minimum Gasteiger partial charge on any atom is -0.339 e. The second kappa shape index (κ2) is 9.36. The van der Waals surface area contributed by atoms with Gasteiger partial charge in [0.2, 0.25) is 0 Å². The normalized spacial score (nSPS) is 24.7. The highest BCUT2D eigenvalue weighted by Gasteiger charge is 2.34. The zero-order valence-electron chi connectivity index (χ0n) is 16.8. The third-order valence-corrected chi connectivity index (χ3v) is 6.36. The Morgan fingerprint density at radius 3 is 2.37 bits per heavy atom. The Labute approximate surface area is 163 Å². The molecule has 0 aromatic heterocycles. The van der Waals surface area contributed by atoms with Crippen molar-refractivity contribution in [2.75, 3.05) is 38.0 Å². The summed E-state index contributed by atoms with van der Waals surface area (Å²) in [5.74, 6) is 1.84. The number of anilines is 1. The summed E-state index contributed by atoms with van der Waals surface area (Å²) in [6.07, 6.45) is 6.76. The number of quaternary nitrogens is 1. The van der Waals surface area contributed by atoms with E-state index in [0.29, 0.717) is 25.2 Å². The number of benzene rings is 1. The van der Waals surface area contributed by atoms with E-state index in [9.17, 15) is 9.59 Å². The molecule has 2 amide bonds. The maximum Gasteiger partial charge on any atom is 0.279 e. The number of rotatable bonds is 6. The highest BCUT2D eigenvalue weighted by Crippen LogP contribution is 2.32. The first-order valence-corrected chi connectivity index (χ1v) is 10.6. The molecule has 0 spiro atoms. The number of nitrogens with zero attached hydrogens (tertiary/aromatic N) is 1. The van der Waals surface area contributed by atoms with Crippen LogP contribution in [0.25, 0.3) is 0 Å². The van der Waals surface area contributed by atoms with Crippen LogP contribution in [0.15, 0.2) is 24.3 Å². The molecule has 1 saturated heterocycles. The van der Waals surface area contributed by atoms with Gasteiger partial charge in [0.1, 0.15) is 0 Å². The van der Waals surface area contributed by atoms with E-state index in [4.69, 9.17) is 0 Å². The van der Waals surface area contributed by atoms with Crippen LogP contribution in [0, 0.1) is 11.8 Å². The van der Waals surface area contributed by atoms with Crippen LogP contribution in [0.3, 0.4) is 0 Å². The highest BCUT2D eigenvalue weighted by molar-refractivity contribution is 5.96. The fraction of sp³-hybridized carbons (Fsp3) is 0.636. The predicted molar refractivity (Wildman–Crippen MR) is 108 cm³/mol. The number of nitrogens with one attached hydrogen (secondary N) is 2. The van der Waals surface area contributed by atoms with E-state index in [1.54, 1.807) is 17.0 Å². The van der Waals surface area contributed by atoms with Crippen molar-refractivity contribution >= 4 is 17.5 Å². The third-order valence-electron chi connectivity index (χ3n) is 6.36. The zero-order valence-corrected chi connectivity index (χ0v) is 16.8. The molecule has 1 aliphatic heterocycles. The summed E-state index contributed by atoms with van der Waals surface area (Å²) >= 11 is 0. The second-order valence-electron chi connectivity index (χ2n) is 8.08. The van der Waals surface area contributed by atoms with Crippen molar-refractivity contribution in [2.45, 2.75) is 46.0 Å². The van der Waals surface area contributed by atoms with Gasteiger partial charge in [0.25, 0.3) is 11.8 Å². The van der Waals surface area contributed by atoms with E-state index >= 15 is 0 Å². The van der Waals surface area contributed by atoms with Gasteiger partial charge in [-0.2, -0.15) is 0 Å². The van der Waals surface area contributed by atoms with E-state index in [-0.39, 0.29) is 11.8 Å². The van der Waals surface area contributed by atoms with Gasteiger partial charge in [0, 0.05) is 30.3 Å². The monoisotopic (exact) mass is 372 g/mol. The van der Waals surface area contributed by atoms with Gasteiger partial charge in [-0.1, -0.05) is 12.8 Å². The molecule has 27 heavy (non-hydrogen) atoms. The smallest absolute Gasteiger partial charge is 0.279 e. The fourth-order valence-electron chi connectivity index (χ4n) is 4.78. The first kappa shape index (κ1) is 19.9. The number of amides is 2. The number of fused-ring (bicyclic) bond motifs is 1. The SMILES string of the molecule is CCN(CC)C(=O)c1ccc(NC(=O)C[NH+]2CC[C@H]3CCCC[C@@H]3C2)cc1. The molecule has 1 aromatic rings. The molecular weight excluding hydrogens is 338 g/mol. The number of likely N-dealkylation sites (tertiary alicyclic amines) is 1. The summed E-state index contributed by atoms with van der Waals surface area (Å²) in [4.78, 5) is 28.0. The maximum atomic E-state index is 12.5. The van der Waals surface area contributed by atoms with Crippen molar-refractivity contribution in [1.82, 2.24) is 4.90 Å². The van der Waals surface area contributed by atoms with Gasteiger partial charge in [-0.25, -0.2) is 0 Å². The lowest BCUT2D eigenvalue weighted by Gasteiger charge is -2.38. The number of hydrogen-bond donors (Lipinski definition) is 2. The third kappa shape index (κ3) is 5.10. The van der Waals surface area contributed by atoms with Gasteiger partial charge in [-0.15, -0.1) is 0 Å². The lowest BCUT2D eigenvalue weighted by Crippen LogP contribution is -3.15. The average Bonchev–Trinajstić information content (AvgIpc) is 2.69. The standard InChI is InChI=1S/C22H33N3O2/c1-3-25(4-2)22(27)18-9-11-20(12-10-18)23-21(26)16-24-14-13-17-7-5-6-8-19(17)15-24/h9-12,17,19H,3-8,13-16H2,1-2H3,(H,23,26)/p+1/t17-,19-/m1/s1. The molecule has 3 atom stereocenters. The van der Waals surface area contributed by atoms with Crippen LogP contribution in [0.2, 0.25) is 0 Å². The molecule has 0 radical (unpaired) electrons. The molecule has 1 unspecified atom stereocenters. The summed E-state index contributed by atoms with van der Waals surface area (Å²) in [5.41, 5.74) is 1.43. The number of carbonyl (C=O) groups excluding carboxylic acids is 2. The molecule has 2 aliphatic rings. The molecule has 2 fully saturated rings. The number of piperidine rings is 1. The fourth-order valence-corrected chi connectivity index (χ4v) is 4.78. The Balaban J connectivity index is 1.50. The molecule has 1 aliphatic carbocycles. The zero-order chi connectivity index (χ0) is 19.2. The van der Waals surface area contributed by atoms with Gasteiger partial charge in [0.15, 0.2) is 6.54 Å². The van der Waals surface area contributed by atoms with Crippen LogP contribution < -0.4 is 10.2 Å². The number of hydrogen-bond acceptors (Lipinski definition) is 2. The minimum atomic E-state index is 0.0395. The van der Waals surface area contributed by atoms with Crippen LogP contribution in [0.5, 0.6) is 0 Å². The Hall–Kier alpha value is -1.88. The van der Waals surface area contributed by atoms with Crippen molar-refractivity contribution in [3.8, 4) is 0 Å². The molecular formula is C22H34N3O2+. The lowest BCUT2D eigenvalue weighted by atomic mass is 9.75. The van der Waals surface area contributed by atoms with Crippen LogP contribution in [-0.2, 0) is 4.79 Å². The van der Waals surface area contributed by atoms with Gasteiger partial charge in [-0.05, 0) is 63.3 Å². The molecule has 1 heterocycles. The molecule has 1 saturated carbocycles. The first-order chi connectivity index (χ1) is 13.1. The summed E-state index contributed by atoms with van der Waals surface area (Å²) in [6, 6.07) is 7.27. The average molecular weight is 373 g/mol. The van der Waals surface area contributed by atoms with E-state index in [2.05, 4.69) is 5.32 Å². The Kier molecular flexibility index (Phi) is 6.89. The molecule has 0 bridgehead atoms. The van der Waals surface area contributed by atoms with Crippen molar-refractivity contribution < 1.29 is 14.5 Å². The van der Waals surface area contributed by atoms with Gasteiger partial charge < -0.3 is 15.1 Å². The largest absolute Gasteiger partial charge is 0.339 e. The Morgan fingerprint density at radius 1 is 1.04 bits per heavy atom. The van der Waals surface area contributed by atoms with Crippen molar-refractivity contribution in [3.05, 3.63) is 29.8 Å². The summed E-state index contributed by atoms with van der Waals surface area (Å²) in [5, 5.41) is 3.00. The van der Waals surface area contributed by atoms with E-state index in [0.717, 1.165) is 30.6 Å². The van der Waals surface area contributed by atoms with Crippen LogP contribution >= 0.6 is 0 Å². The molecule has 3 rings (SSSR count). The summed E-state index contributed by atoms with van der Waals surface area (Å²) < 4.78 is 0. The number of carbonyl (C=O) groups is 2. The summed E-state index contributed by atoms with van der Waals surface area (Å²) in [7, 11) is 0. The minimum absolute atomic E-state index is 0.0395. The van der Waals surface area contributed by atoms with E-state index in [1.165, 1.54) is 37.0 Å². The van der Waals surface area contributed by atoms with Crippen molar-refractivity contribution in [2.24, 2.45) is 11.8 Å². The second-order valence-corrected chi connectivity index (χ2v) is 8.08. The van der Waals surface area contributed by atoms with Gasteiger partial charge in [0.05, 0.1) is 13.1 Å². The molecule has 148 valence electrons. The van der Waals surface area contributed by atoms with Crippen molar-refractivity contribution in [1.29, 1.82) is 0 Å². The van der Waals surface area contributed by atoms with Crippen molar-refractivity contribution in [3.63, 3.8) is 0 Å². The van der Waals surface area contributed by atoms with Crippen LogP contribution in [-0.4, -0.2) is 49.4 Å². The molecule has 5 nitrogen and oxygen atoms in total. The maximum absolute atomic E-state index is 12.5. The van der Waals surface area contributed by atoms with E-state index < -0.39 is 0 Å². The van der Waals surface area contributed by atoms with E-state index in [1.807, 2.05) is 26.0 Å². The predicted octanol–water partition coefficient (Wildman–Crippen LogP) is 2.20. The highest BCUT2D eigenvalue weighted by atomic mass is 16.2. The molecule has 1 aromatic carbocycles. The van der Waals surface area contributed by atoms with Gasteiger partial charge in [-0.3, -0.25) is 9.59 Å². The Morgan fingerprint density at radius 2 is 1.70 bits per heavy atom. The van der Waals surface area contributed by atoms with Gasteiger partial charge >= 0.3 is 0 Å². The quantitative estimate of drug-likeness (QED) is 0.804. The Bertz CT molecular complexity index is 639. The van der Waals surface area contributed by atoms with Crippen LogP contribution in [0.4, 0.5) is 5.69 Å². The van der Waals surface area contributed by atoms with Crippen LogP contribution in [0.1, 0.15) is 56.3 Å². The molecule has 5 heteroatoms. The summed E-state index contributed by atoms with van der Waals surface area (Å²) in [6.45, 7) is 8.18. The first-order valence-electron chi connectivity index (χ1n) is 10.6.